The van der Waals surface area contributed by atoms with Gasteiger partial charge in [0, 0.05) is 6.42 Å². The Morgan fingerprint density at radius 1 is 1.07 bits per heavy atom. The quantitative estimate of drug-likeness (QED) is 0.388. The fourth-order valence-electron chi connectivity index (χ4n) is 2.48. The van der Waals surface area contributed by atoms with Crippen molar-refractivity contribution in [2.24, 2.45) is 11.7 Å². The van der Waals surface area contributed by atoms with E-state index in [-0.39, 0.29) is 12.3 Å². The van der Waals surface area contributed by atoms with Crippen LogP contribution in [0.4, 0.5) is 0 Å². The van der Waals surface area contributed by atoms with Crippen LogP contribution in [0.2, 0.25) is 0 Å². The van der Waals surface area contributed by atoms with E-state index in [2.05, 4.69) is 10.6 Å². The third-order valence-electron chi connectivity index (χ3n) is 4.52. The summed E-state index contributed by atoms with van der Waals surface area (Å²) < 4.78 is 0. The van der Waals surface area contributed by atoms with E-state index in [0.717, 1.165) is 5.56 Å². The number of carboxylic acids is 1. The molecule has 0 unspecified atom stereocenters. The van der Waals surface area contributed by atoms with Gasteiger partial charge in [0.1, 0.15) is 12.1 Å². The molecule has 150 valence electrons. The highest BCUT2D eigenvalue weighted by molar-refractivity contribution is 5.92. The third-order valence-corrected chi connectivity index (χ3v) is 4.52. The molecule has 8 heteroatoms. The predicted octanol–water partition coefficient (Wildman–Crippen LogP) is 0.0375. The zero-order valence-electron chi connectivity index (χ0n) is 15.9. The van der Waals surface area contributed by atoms with E-state index in [1.807, 2.05) is 13.8 Å². The second kappa shape index (κ2) is 10.6. The number of aliphatic hydroxyl groups is 1. The monoisotopic (exact) mass is 379 g/mol. The summed E-state index contributed by atoms with van der Waals surface area (Å²) in [5.41, 5.74) is 6.59. The Balaban J connectivity index is 2.83. The molecule has 0 aliphatic heterocycles. The predicted molar refractivity (Wildman–Crippen MR) is 101 cm³/mol. The van der Waals surface area contributed by atoms with Gasteiger partial charge in [-0.25, -0.2) is 4.79 Å². The highest BCUT2D eigenvalue weighted by Crippen LogP contribution is 2.07. The smallest absolute Gasteiger partial charge is 0.326 e. The lowest BCUT2D eigenvalue weighted by Gasteiger charge is -2.26. The number of aliphatic carboxylic acids is 1. The third kappa shape index (κ3) is 6.99. The molecule has 0 fully saturated rings. The number of carbonyl (C=O) groups excluding carboxylic acids is 2. The van der Waals surface area contributed by atoms with E-state index in [9.17, 15) is 24.6 Å². The molecule has 5 atom stereocenters. The van der Waals surface area contributed by atoms with Gasteiger partial charge in [-0.1, -0.05) is 50.6 Å². The maximum Gasteiger partial charge on any atom is 0.326 e. The van der Waals surface area contributed by atoms with Crippen molar-refractivity contribution in [3.05, 3.63) is 35.9 Å². The van der Waals surface area contributed by atoms with Crippen molar-refractivity contribution < 1.29 is 24.6 Å². The fourth-order valence-corrected chi connectivity index (χ4v) is 2.48. The average molecular weight is 379 g/mol. The van der Waals surface area contributed by atoms with Crippen molar-refractivity contribution in [3.8, 4) is 0 Å². The molecule has 0 heterocycles. The van der Waals surface area contributed by atoms with E-state index in [0.29, 0.717) is 6.42 Å². The summed E-state index contributed by atoms with van der Waals surface area (Å²) in [7, 11) is 0. The number of hydrogen-bond donors (Lipinski definition) is 5. The SMILES string of the molecule is CC[C@H](C)[C@H](N)C(=O)N[C@H](C(=O)N[C@@H](Cc1ccccc1)C(=O)O)[C@@H](C)O. The Bertz CT molecular complexity index is 635. The number of carbonyl (C=O) groups is 3. The molecule has 0 radical (unpaired) electrons. The van der Waals surface area contributed by atoms with Crippen LogP contribution in [0.3, 0.4) is 0 Å². The minimum Gasteiger partial charge on any atom is -0.480 e. The summed E-state index contributed by atoms with van der Waals surface area (Å²) in [6.07, 6.45) is -0.461. The Morgan fingerprint density at radius 3 is 2.15 bits per heavy atom. The average Bonchev–Trinajstić information content (AvgIpc) is 2.64. The zero-order chi connectivity index (χ0) is 20.6. The Labute approximate surface area is 159 Å². The van der Waals surface area contributed by atoms with Gasteiger partial charge >= 0.3 is 5.97 Å². The van der Waals surface area contributed by atoms with E-state index in [4.69, 9.17) is 5.73 Å². The lowest BCUT2D eigenvalue weighted by atomic mass is 9.98. The Morgan fingerprint density at radius 2 is 1.67 bits per heavy atom. The van der Waals surface area contributed by atoms with Crippen LogP contribution in [0.15, 0.2) is 30.3 Å². The molecular weight excluding hydrogens is 350 g/mol. The lowest BCUT2D eigenvalue weighted by molar-refractivity contribution is -0.143. The van der Waals surface area contributed by atoms with Gasteiger partial charge in [-0.05, 0) is 18.4 Å². The molecule has 1 rings (SSSR count). The first-order chi connectivity index (χ1) is 12.7. The van der Waals surface area contributed by atoms with Gasteiger partial charge in [0.2, 0.25) is 11.8 Å². The van der Waals surface area contributed by atoms with Gasteiger partial charge in [0.15, 0.2) is 0 Å². The van der Waals surface area contributed by atoms with Crippen molar-refractivity contribution in [3.63, 3.8) is 0 Å². The highest BCUT2D eigenvalue weighted by atomic mass is 16.4. The summed E-state index contributed by atoms with van der Waals surface area (Å²) in [5.74, 6) is -2.66. The molecular formula is C19H29N3O5. The van der Waals surface area contributed by atoms with E-state index >= 15 is 0 Å². The minimum absolute atomic E-state index is 0.0781. The first kappa shape index (κ1) is 22.6. The first-order valence-corrected chi connectivity index (χ1v) is 8.98. The second-order valence-electron chi connectivity index (χ2n) is 6.73. The summed E-state index contributed by atoms with van der Waals surface area (Å²) in [5, 5.41) is 24.1. The van der Waals surface area contributed by atoms with Gasteiger partial charge in [-0.15, -0.1) is 0 Å². The molecule has 27 heavy (non-hydrogen) atoms. The number of hydrogen-bond acceptors (Lipinski definition) is 5. The molecule has 1 aromatic rings. The maximum atomic E-state index is 12.5. The van der Waals surface area contributed by atoms with Gasteiger partial charge in [0.25, 0.3) is 0 Å². The van der Waals surface area contributed by atoms with E-state index in [1.54, 1.807) is 30.3 Å². The number of aliphatic hydroxyl groups excluding tert-OH is 1. The zero-order valence-corrected chi connectivity index (χ0v) is 15.9. The molecule has 0 bridgehead atoms. The van der Waals surface area contributed by atoms with Gasteiger partial charge < -0.3 is 26.6 Å². The van der Waals surface area contributed by atoms with Crippen LogP contribution in [0.25, 0.3) is 0 Å². The first-order valence-electron chi connectivity index (χ1n) is 8.98. The minimum atomic E-state index is -1.30. The maximum absolute atomic E-state index is 12.5. The van der Waals surface area contributed by atoms with Gasteiger partial charge in [-0.2, -0.15) is 0 Å². The second-order valence-corrected chi connectivity index (χ2v) is 6.73. The Hall–Kier alpha value is -2.45. The molecule has 0 saturated carbocycles. The van der Waals surface area contributed by atoms with Gasteiger partial charge in [0.05, 0.1) is 12.1 Å². The number of carboxylic acid groups (broad SMARTS) is 1. The van der Waals surface area contributed by atoms with Crippen molar-refractivity contribution in [2.75, 3.05) is 0 Å². The van der Waals surface area contributed by atoms with Crippen LogP contribution in [-0.4, -0.2) is 52.2 Å². The molecule has 8 nitrogen and oxygen atoms in total. The molecule has 2 amide bonds. The molecule has 0 aromatic heterocycles. The summed E-state index contributed by atoms with van der Waals surface area (Å²) >= 11 is 0. The Kier molecular flexibility index (Phi) is 8.90. The number of rotatable bonds is 10. The molecule has 0 aliphatic carbocycles. The molecule has 0 aliphatic rings. The van der Waals surface area contributed by atoms with Crippen LogP contribution in [0.5, 0.6) is 0 Å². The van der Waals surface area contributed by atoms with E-state index in [1.165, 1.54) is 6.92 Å². The molecule has 6 N–H and O–H groups in total. The van der Waals surface area contributed by atoms with Crippen LogP contribution in [-0.2, 0) is 20.8 Å². The normalized spacial score (nSPS) is 16.5. The van der Waals surface area contributed by atoms with Crippen LogP contribution in [0.1, 0.15) is 32.8 Å². The molecule has 0 spiro atoms. The van der Waals surface area contributed by atoms with Crippen molar-refractivity contribution in [2.45, 2.75) is 57.8 Å². The number of nitrogens with one attached hydrogen (secondary N) is 2. The van der Waals surface area contributed by atoms with Gasteiger partial charge in [-0.3, -0.25) is 9.59 Å². The molecule has 0 saturated heterocycles. The van der Waals surface area contributed by atoms with E-state index < -0.39 is 42.0 Å². The topological polar surface area (TPSA) is 142 Å². The van der Waals surface area contributed by atoms with Crippen molar-refractivity contribution >= 4 is 17.8 Å². The number of nitrogens with two attached hydrogens (primary N) is 1. The summed E-state index contributed by atoms with van der Waals surface area (Å²) in [6.45, 7) is 5.03. The summed E-state index contributed by atoms with van der Waals surface area (Å²) in [4.78, 5) is 36.2. The number of amides is 2. The largest absolute Gasteiger partial charge is 0.480 e. The standard InChI is InChI=1S/C19H29N3O5/c1-4-11(2)15(20)17(24)22-16(12(3)23)18(25)21-14(19(26)27)10-13-8-6-5-7-9-13/h5-9,11-12,14-16,23H,4,10,20H2,1-3H3,(H,21,25)(H,22,24)(H,26,27)/t11-,12+,14-,15-,16-/m0/s1. The van der Waals surface area contributed by atoms with Crippen molar-refractivity contribution in [1.29, 1.82) is 0 Å². The summed E-state index contributed by atoms with van der Waals surface area (Å²) in [6, 6.07) is 5.52. The van der Waals surface area contributed by atoms with Crippen molar-refractivity contribution in [1.82, 2.24) is 10.6 Å². The van der Waals surface area contributed by atoms with Crippen LogP contribution in [0, 0.1) is 5.92 Å². The fraction of sp³-hybridized carbons (Fsp3) is 0.526. The lowest BCUT2D eigenvalue weighted by Crippen LogP contribution is -2.59. The molecule has 1 aromatic carbocycles. The van der Waals surface area contributed by atoms with Crippen LogP contribution < -0.4 is 16.4 Å². The van der Waals surface area contributed by atoms with Crippen LogP contribution >= 0.6 is 0 Å². The highest BCUT2D eigenvalue weighted by Gasteiger charge is 2.31. The number of benzene rings is 1.